The predicted octanol–water partition coefficient (Wildman–Crippen LogP) is 6.29. The van der Waals surface area contributed by atoms with Gasteiger partial charge in [-0.05, 0) is 48.2 Å². The predicted molar refractivity (Wildman–Crippen MR) is 128 cm³/mol. The van der Waals surface area contributed by atoms with Gasteiger partial charge in [-0.3, -0.25) is 4.79 Å². The van der Waals surface area contributed by atoms with Crippen molar-refractivity contribution in [1.82, 2.24) is 5.32 Å². The van der Waals surface area contributed by atoms with Crippen LogP contribution in [0.25, 0.3) is 0 Å². The first kappa shape index (κ1) is 25.4. The molecule has 4 nitrogen and oxygen atoms in total. The molecule has 0 radical (unpaired) electrons. The minimum Gasteiger partial charge on any atom is -0.495 e. The standard InChI is InChI=1S/C26H26ClF3N2O2/c1-31-25(33)24(19-8-4-3-5-9-19)32(21-14-15-22(27)23(17-21)34-2)16-6-7-18-10-12-20(13-11-18)26(28,29)30/h3-5,8-15,17,24H,6-7,16H2,1-2H3,(H,31,33). The number of nitrogens with one attached hydrogen (secondary N) is 1. The van der Waals surface area contributed by atoms with E-state index in [4.69, 9.17) is 16.3 Å². The zero-order valence-electron chi connectivity index (χ0n) is 18.9. The Balaban J connectivity index is 1.89. The van der Waals surface area contributed by atoms with Gasteiger partial charge in [-0.15, -0.1) is 0 Å². The molecular formula is C26H26ClF3N2O2. The molecule has 3 rings (SSSR count). The second kappa shape index (κ2) is 11.3. The minimum absolute atomic E-state index is 0.186. The third kappa shape index (κ3) is 6.23. The maximum atomic E-state index is 13.0. The fourth-order valence-corrected chi connectivity index (χ4v) is 3.99. The molecule has 0 saturated heterocycles. The molecule has 0 fully saturated rings. The summed E-state index contributed by atoms with van der Waals surface area (Å²) in [5.41, 5.74) is 1.67. The summed E-state index contributed by atoms with van der Waals surface area (Å²) in [6.45, 7) is 0.471. The van der Waals surface area contributed by atoms with Crippen LogP contribution in [0.3, 0.4) is 0 Å². The highest BCUT2D eigenvalue weighted by molar-refractivity contribution is 6.32. The number of hydrogen-bond acceptors (Lipinski definition) is 3. The largest absolute Gasteiger partial charge is 0.495 e. The maximum absolute atomic E-state index is 13.0. The topological polar surface area (TPSA) is 41.6 Å². The van der Waals surface area contributed by atoms with Crippen molar-refractivity contribution in [1.29, 1.82) is 0 Å². The van der Waals surface area contributed by atoms with Crippen LogP contribution in [0.2, 0.25) is 5.02 Å². The number of methoxy groups -OCH3 is 1. The lowest BCUT2D eigenvalue weighted by molar-refractivity contribution is -0.137. The molecule has 0 aromatic heterocycles. The van der Waals surface area contributed by atoms with Crippen LogP contribution in [0, 0.1) is 0 Å². The molecule has 0 spiro atoms. The quantitative estimate of drug-likeness (QED) is 0.383. The zero-order valence-corrected chi connectivity index (χ0v) is 19.7. The number of aryl methyl sites for hydroxylation is 1. The summed E-state index contributed by atoms with van der Waals surface area (Å²) in [4.78, 5) is 15.0. The van der Waals surface area contributed by atoms with Crippen molar-refractivity contribution >= 4 is 23.2 Å². The average Bonchev–Trinajstić information content (AvgIpc) is 2.84. The van der Waals surface area contributed by atoms with E-state index in [1.807, 2.05) is 41.3 Å². The van der Waals surface area contributed by atoms with E-state index in [0.29, 0.717) is 30.2 Å². The van der Waals surface area contributed by atoms with E-state index in [1.54, 1.807) is 19.2 Å². The molecule has 180 valence electrons. The number of nitrogens with zero attached hydrogens (tertiary/aromatic N) is 1. The van der Waals surface area contributed by atoms with Gasteiger partial charge in [-0.2, -0.15) is 13.2 Å². The lowest BCUT2D eigenvalue weighted by Crippen LogP contribution is -2.40. The molecule has 0 aliphatic heterocycles. The number of carbonyl (C=O) groups is 1. The molecule has 8 heteroatoms. The third-order valence-electron chi connectivity index (χ3n) is 5.53. The Bertz CT molecular complexity index is 1090. The first-order valence-electron chi connectivity index (χ1n) is 10.8. The van der Waals surface area contributed by atoms with Gasteiger partial charge in [0, 0.05) is 25.3 Å². The van der Waals surface area contributed by atoms with Crippen molar-refractivity contribution in [3.8, 4) is 5.75 Å². The Labute approximate surface area is 202 Å². The lowest BCUT2D eigenvalue weighted by atomic mass is 10.0. The number of alkyl halides is 3. The summed E-state index contributed by atoms with van der Waals surface area (Å²) in [6.07, 6.45) is -3.20. The SMILES string of the molecule is CNC(=O)C(c1ccccc1)N(CCCc1ccc(C(F)(F)F)cc1)c1ccc(Cl)c(OC)c1. The van der Waals surface area contributed by atoms with Crippen molar-refractivity contribution in [3.05, 3.63) is 94.5 Å². The Morgan fingerprint density at radius 1 is 1.06 bits per heavy atom. The van der Waals surface area contributed by atoms with Crippen LogP contribution in [0.5, 0.6) is 5.75 Å². The number of carbonyl (C=O) groups excluding carboxylic acids is 1. The molecule has 0 aliphatic carbocycles. The van der Waals surface area contributed by atoms with E-state index >= 15 is 0 Å². The van der Waals surface area contributed by atoms with E-state index in [2.05, 4.69) is 5.32 Å². The number of amides is 1. The second-order valence-corrected chi connectivity index (χ2v) is 8.15. The number of likely N-dealkylation sites (N-methyl/N-ethyl adjacent to an activating group) is 1. The maximum Gasteiger partial charge on any atom is 0.416 e. The minimum atomic E-state index is -4.36. The number of halogens is 4. The van der Waals surface area contributed by atoms with Crippen LogP contribution in [0.1, 0.15) is 29.2 Å². The lowest BCUT2D eigenvalue weighted by Gasteiger charge is -2.33. The molecule has 1 amide bonds. The van der Waals surface area contributed by atoms with Crippen LogP contribution in [0.4, 0.5) is 18.9 Å². The number of ether oxygens (including phenoxy) is 1. The molecule has 34 heavy (non-hydrogen) atoms. The second-order valence-electron chi connectivity index (χ2n) is 7.74. The van der Waals surface area contributed by atoms with Crippen molar-refractivity contribution in [3.63, 3.8) is 0 Å². The molecule has 1 atom stereocenters. The normalized spacial score (nSPS) is 12.2. The number of hydrogen-bond donors (Lipinski definition) is 1. The van der Waals surface area contributed by atoms with Crippen LogP contribution in [-0.4, -0.2) is 26.6 Å². The van der Waals surface area contributed by atoms with Gasteiger partial charge in [0.15, 0.2) is 0 Å². The smallest absolute Gasteiger partial charge is 0.416 e. The van der Waals surface area contributed by atoms with Gasteiger partial charge in [0.2, 0.25) is 5.91 Å². The van der Waals surface area contributed by atoms with Crippen LogP contribution < -0.4 is 15.0 Å². The average molecular weight is 491 g/mol. The molecular weight excluding hydrogens is 465 g/mol. The molecule has 1 unspecified atom stereocenters. The fourth-order valence-electron chi connectivity index (χ4n) is 3.79. The van der Waals surface area contributed by atoms with E-state index in [9.17, 15) is 18.0 Å². The highest BCUT2D eigenvalue weighted by Gasteiger charge is 2.30. The molecule has 3 aromatic carbocycles. The van der Waals surface area contributed by atoms with Crippen molar-refractivity contribution in [2.45, 2.75) is 25.1 Å². The number of benzene rings is 3. The van der Waals surface area contributed by atoms with Crippen molar-refractivity contribution in [2.24, 2.45) is 0 Å². The summed E-state index contributed by atoms with van der Waals surface area (Å²) in [7, 11) is 3.11. The van der Waals surface area contributed by atoms with Crippen molar-refractivity contribution < 1.29 is 22.7 Å². The van der Waals surface area contributed by atoms with E-state index in [-0.39, 0.29) is 5.91 Å². The van der Waals surface area contributed by atoms with Gasteiger partial charge in [-0.1, -0.05) is 54.1 Å². The molecule has 0 saturated carbocycles. The van der Waals surface area contributed by atoms with Crippen molar-refractivity contribution in [2.75, 3.05) is 25.6 Å². The van der Waals surface area contributed by atoms with Gasteiger partial charge in [0.25, 0.3) is 0 Å². The Morgan fingerprint density at radius 3 is 2.32 bits per heavy atom. The third-order valence-corrected chi connectivity index (χ3v) is 5.85. The van der Waals surface area contributed by atoms with Crippen LogP contribution in [-0.2, 0) is 17.4 Å². The fraction of sp³-hybridized carbons (Fsp3) is 0.269. The van der Waals surface area contributed by atoms with Gasteiger partial charge >= 0.3 is 6.18 Å². The first-order valence-corrected chi connectivity index (χ1v) is 11.1. The summed E-state index contributed by atoms with van der Waals surface area (Å²) in [5.74, 6) is 0.297. The molecule has 0 bridgehead atoms. The Kier molecular flexibility index (Phi) is 8.45. The Hall–Kier alpha value is -3.19. The summed E-state index contributed by atoms with van der Waals surface area (Å²) in [5, 5.41) is 3.19. The molecule has 3 aromatic rings. The first-order chi connectivity index (χ1) is 16.2. The van der Waals surface area contributed by atoms with Gasteiger partial charge in [-0.25, -0.2) is 0 Å². The monoisotopic (exact) mass is 490 g/mol. The summed E-state index contributed by atoms with van der Waals surface area (Å²) in [6, 6.07) is 19.2. The highest BCUT2D eigenvalue weighted by Crippen LogP contribution is 2.34. The highest BCUT2D eigenvalue weighted by atomic mass is 35.5. The van der Waals surface area contributed by atoms with E-state index in [0.717, 1.165) is 28.9 Å². The van der Waals surface area contributed by atoms with Gasteiger partial charge in [0.05, 0.1) is 17.7 Å². The van der Waals surface area contributed by atoms with Crippen LogP contribution >= 0.6 is 11.6 Å². The summed E-state index contributed by atoms with van der Waals surface area (Å²) >= 11 is 6.21. The van der Waals surface area contributed by atoms with E-state index < -0.39 is 17.8 Å². The Morgan fingerprint density at radius 2 is 1.74 bits per heavy atom. The molecule has 1 N–H and O–H groups in total. The molecule has 0 aliphatic rings. The number of anilines is 1. The van der Waals surface area contributed by atoms with E-state index in [1.165, 1.54) is 19.2 Å². The number of rotatable bonds is 9. The van der Waals surface area contributed by atoms with Crippen LogP contribution in [0.15, 0.2) is 72.8 Å². The van der Waals surface area contributed by atoms with Gasteiger partial charge in [0.1, 0.15) is 11.8 Å². The molecule has 0 heterocycles. The van der Waals surface area contributed by atoms with Gasteiger partial charge < -0.3 is 15.0 Å². The zero-order chi connectivity index (χ0) is 24.7. The summed E-state index contributed by atoms with van der Waals surface area (Å²) < 4.78 is 43.9.